The van der Waals surface area contributed by atoms with Crippen LogP contribution in [-0.2, 0) is 0 Å². The van der Waals surface area contributed by atoms with Crippen molar-refractivity contribution < 1.29 is 4.79 Å². The summed E-state index contributed by atoms with van der Waals surface area (Å²) in [6.07, 6.45) is 4.95. The zero-order valence-corrected chi connectivity index (χ0v) is 11.4. The minimum atomic E-state index is 0.108. The fourth-order valence-corrected chi connectivity index (χ4v) is 2.62. The van der Waals surface area contributed by atoms with Gasteiger partial charge < -0.3 is 10.2 Å². The Morgan fingerprint density at radius 3 is 3.06 bits per heavy atom. The summed E-state index contributed by atoms with van der Waals surface area (Å²) in [5, 5.41) is 3.09. The molecule has 0 bridgehead atoms. The Hall–Kier alpha value is -1.58. The normalized spacial score (nSPS) is 19.1. The first-order valence-electron chi connectivity index (χ1n) is 6.62. The zero-order chi connectivity index (χ0) is 13.1. The second-order valence-corrected chi connectivity index (χ2v) is 4.82. The minimum Gasteiger partial charge on any atom is -0.387 e. The lowest BCUT2D eigenvalue weighted by Crippen LogP contribution is -2.35. The highest BCUT2D eigenvalue weighted by atomic mass is 16.2. The number of hydrogen-bond acceptors (Lipinski definition) is 3. The molecule has 1 N–H and O–H groups in total. The Labute approximate surface area is 108 Å². The molecule has 1 amide bonds. The number of rotatable bonds is 3. The molecule has 1 fully saturated rings. The van der Waals surface area contributed by atoms with E-state index in [1.807, 2.05) is 24.9 Å². The van der Waals surface area contributed by atoms with Crippen molar-refractivity contribution in [3.05, 3.63) is 23.5 Å². The number of nitrogens with one attached hydrogen (secondary N) is 1. The smallest absolute Gasteiger partial charge is 0.257 e. The number of hydrogen-bond donors (Lipinski definition) is 1. The van der Waals surface area contributed by atoms with Gasteiger partial charge in [-0.2, -0.15) is 0 Å². The number of anilines is 1. The van der Waals surface area contributed by atoms with Gasteiger partial charge in [-0.3, -0.25) is 9.78 Å². The Balaban J connectivity index is 2.28. The van der Waals surface area contributed by atoms with Crippen molar-refractivity contribution in [1.29, 1.82) is 0 Å². The van der Waals surface area contributed by atoms with Gasteiger partial charge in [-0.05, 0) is 32.3 Å². The monoisotopic (exact) mass is 247 g/mol. The van der Waals surface area contributed by atoms with Crippen LogP contribution in [0.5, 0.6) is 0 Å². The Kier molecular flexibility index (Phi) is 3.84. The maximum atomic E-state index is 12.6. The van der Waals surface area contributed by atoms with E-state index in [0.717, 1.165) is 37.2 Å². The number of carbonyl (C=O) groups is 1. The fraction of sp³-hybridized carbons (Fsp3) is 0.571. The number of pyridine rings is 1. The van der Waals surface area contributed by atoms with E-state index < -0.39 is 0 Å². The molecular weight excluding hydrogens is 226 g/mol. The van der Waals surface area contributed by atoms with E-state index in [-0.39, 0.29) is 5.91 Å². The van der Waals surface area contributed by atoms with Gasteiger partial charge in [0.05, 0.1) is 11.3 Å². The van der Waals surface area contributed by atoms with Crippen molar-refractivity contribution in [2.24, 2.45) is 0 Å². The average Bonchev–Trinajstić information content (AvgIpc) is 2.86. The number of aromatic nitrogens is 1. The number of carbonyl (C=O) groups excluding carboxylic acids is 1. The van der Waals surface area contributed by atoms with Crippen LogP contribution >= 0.6 is 0 Å². The second-order valence-electron chi connectivity index (χ2n) is 4.82. The van der Waals surface area contributed by atoms with Crippen LogP contribution in [0.25, 0.3) is 0 Å². The molecule has 0 aliphatic carbocycles. The summed E-state index contributed by atoms with van der Waals surface area (Å²) in [4.78, 5) is 18.8. The minimum absolute atomic E-state index is 0.108. The standard InChI is InChI=1S/C14H21N3O/c1-4-11-6-5-7-17(11)14(18)12-9-16-10(2)8-13(12)15-3/h8-9,11H,4-7H2,1-3H3,(H,15,16). The Bertz CT molecular complexity index is 445. The van der Waals surface area contributed by atoms with Gasteiger partial charge in [-0.25, -0.2) is 0 Å². The van der Waals surface area contributed by atoms with Crippen molar-refractivity contribution >= 4 is 11.6 Å². The molecule has 98 valence electrons. The van der Waals surface area contributed by atoms with Crippen LogP contribution in [-0.4, -0.2) is 35.4 Å². The molecule has 1 aliphatic rings. The first kappa shape index (κ1) is 12.9. The third-order valence-corrected chi connectivity index (χ3v) is 3.65. The third kappa shape index (κ3) is 2.33. The van der Waals surface area contributed by atoms with Crippen LogP contribution < -0.4 is 5.32 Å². The van der Waals surface area contributed by atoms with Crippen molar-refractivity contribution in [3.63, 3.8) is 0 Å². The lowest BCUT2D eigenvalue weighted by molar-refractivity contribution is 0.0734. The molecule has 0 saturated carbocycles. The van der Waals surface area contributed by atoms with Crippen LogP contribution in [0.2, 0.25) is 0 Å². The largest absolute Gasteiger partial charge is 0.387 e. The van der Waals surface area contributed by atoms with Gasteiger partial charge in [0.1, 0.15) is 0 Å². The summed E-state index contributed by atoms with van der Waals surface area (Å²) in [5.74, 6) is 0.108. The lowest BCUT2D eigenvalue weighted by Gasteiger charge is -2.24. The van der Waals surface area contributed by atoms with Crippen molar-refractivity contribution in [2.75, 3.05) is 18.9 Å². The van der Waals surface area contributed by atoms with Crippen LogP contribution in [0.4, 0.5) is 5.69 Å². The zero-order valence-electron chi connectivity index (χ0n) is 11.4. The van der Waals surface area contributed by atoms with Crippen LogP contribution in [0.1, 0.15) is 42.2 Å². The van der Waals surface area contributed by atoms with Gasteiger partial charge in [0.25, 0.3) is 5.91 Å². The second kappa shape index (κ2) is 5.38. The quantitative estimate of drug-likeness (QED) is 0.892. The van der Waals surface area contributed by atoms with Gasteiger partial charge in [-0.1, -0.05) is 6.92 Å². The average molecular weight is 247 g/mol. The summed E-state index contributed by atoms with van der Waals surface area (Å²) in [5.41, 5.74) is 2.47. The molecule has 18 heavy (non-hydrogen) atoms. The molecule has 1 aromatic rings. The first-order valence-corrected chi connectivity index (χ1v) is 6.62. The lowest BCUT2D eigenvalue weighted by atomic mass is 10.1. The maximum Gasteiger partial charge on any atom is 0.257 e. The van der Waals surface area contributed by atoms with Crippen LogP contribution in [0.3, 0.4) is 0 Å². The summed E-state index contributed by atoms with van der Waals surface area (Å²) >= 11 is 0. The van der Waals surface area contributed by atoms with E-state index in [9.17, 15) is 4.79 Å². The number of amides is 1. The molecule has 1 atom stereocenters. The summed E-state index contributed by atoms with van der Waals surface area (Å²) < 4.78 is 0. The molecule has 1 unspecified atom stereocenters. The summed E-state index contributed by atoms with van der Waals surface area (Å²) in [7, 11) is 1.84. The van der Waals surface area contributed by atoms with E-state index >= 15 is 0 Å². The van der Waals surface area contributed by atoms with Gasteiger partial charge in [-0.15, -0.1) is 0 Å². The van der Waals surface area contributed by atoms with Gasteiger partial charge in [0.2, 0.25) is 0 Å². The third-order valence-electron chi connectivity index (χ3n) is 3.65. The molecule has 4 heteroatoms. The highest BCUT2D eigenvalue weighted by molar-refractivity contribution is 5.99. The number of likely N-dealkylation sites (tertiary alicyclic amines) is 1. The van der Waals surface area contributed by atoms with Crippen molar-refractivity contribution in [1.82, 2.24) is 9.88 Å². The fourth-order valence-electron chi connectivity index (χ4n) is 2.62. The number of nitrogens with zero attached hydrogens (tertiary/aromatic N) is 2. The maximum absolute atomic E-state index is 12.6. The van der Waals surface area contributed by atoms with Crippen LogP contribution in [0.15, 0.2) is 12.3 Å². The molecular formula is C14H21N3O. The molecule has 0 radical (unpaired) electrons. The van der Waals surface area contributed by atoms with E-state index in [1.54, 1.807) is 6.20 Å². The summed E-state index contributed by atoms with van der Waals surface area (Å²) in [6.45, 7) is 4.94. The van der Waals surface area contributed by atoms with E-state index in [2.05, 4.69) is 17.2 Å². The Morgan fingerprint density at radius 2 is 2.39 bits per heavy atom. The SMILES string of the molecule is CCC1CCCN1C(=O)c1cnc(C)cc1NC. The first-order chi connectivity index (χ1) is 8.67. The molecule has 2 rings (SSSR count). The molecule has 0 aromatic carbocycles. The summed E-state index contributed by atoms with van der Waals surface area (Å²) in [6, 6.07) is 2.31. The Morgan fingerprint density at radius 1 is 1.61 bits per heavy atom. The van der Waals surface area contributed by atoms with E-state index in [4.69, 9.17) is 0 Å². The molecule has 4 nitrogen and oxygen atoms in total. The molecule has 1 aliphatic heterocycles. The van der Waals surface area contributed by atoms with E-state index in [1.165, 1.54) is 0 Å². The van der Waals surface area contributed by atoms with Crippen LogP contribution in [0, 0.1) is 6.92 Å². The van der Waals surface area contributed by atoms with Crippen molar-refractivity contribution in [3.8, 4) is 0 Å². The number of aryl methyl sites for hydroxylation is 1. The van der Waals surface area contributed by atoms with Crippen molar-refractivity contribution in [2.45, 2.75) is 39.2 Å². The van der Waals surface area contributed by atoms with E-state index in [0.29, 0.717) is 11.6 Å². The predicted molar refractivity (Wildman–Crippen MR) is 72.9 cm³/mol. The van der Waals surface area contributed by atoms with Gasteiger partial charge in [0.15, 0.2) is 0 Å². The highest BCUT2D eigenvalue weighted by Gasteiger charge is 2.29. The molecule has 0 spiro atoms. The molecule has 2 heterocycles. The predicted octanol–water partition coefficient (Wildman–Crippen LogP) is 2.45. The van der Waals surface area contributed by atoms with Gasteiger partial charge in [0, 0.05) is 31.5 Å². The molecule has 1 aromatic heterocycles. The van der Waals surface area contributed by atoms with Gasteiger partial charge >= 0.3 is 0 Å². The topological polar surface area (TPSA) is 45.2 Å². The molecule has 1 saturated heterocycles. The highest BCUT2D eigenvalue weighted by Crippen LogP contribution is 2.25.